The lowest BCUT2D eigenvalue weighted by Gasteiger charge is -2.12. The van der Waals surface area contributed by atoms with Crippen LogP contribution in [0.15, 0.2) is 50.7 Å². The minimum Gasteiger partial charge on any atom is -0.497 e. The number of benzene rings is 2. The molecule has 9 nitrogen and oxygen atoms in total. The first-order valence-electron chi connectivity index (χ1n) is 8.59. The molecule has 0 fully saturated rings. The van der Waals surface area contributed by atoms with Gasteiger partial charge in [-0.15, -0.1) is 0 Å². The fourth-order valence-electron chi connectivity index (χ4n) is 2.57. The molecule has 0 aliphatic carbocycles. The third-order valence-corrected chi connectivity index (χ3v) is 5.35. The van der Waals surface area contributed by atoms with E-state index in [1.165, 1.54) is 25.0 Å². The number of carbonyl (C=O) groups is 1. The van der Waals surface area contributed by atoms with Crippen molar-refractivity contribution in [2.45, 2.75) is 5.03 Å². The Hall–Kier alpha value is -3.11. The molecular formula is C19H19ClN3O6S+. The van der Waals surface area contributed by atoms with Crippen LogP contribution in [-0.4, -0.2) is 38.3 Å². The van der Waals surface area contributed by atoms with E-state index < -0.39 is 5.63 Å². The van der Waals surface area contributed by atoms with Crippen molar-refractivity contribution < 1.29 is 28.2 Å². The molecule has 3 rings (SSSR count). The maximum absolute atomic E-state index is 12.5. The van der Waals surface area contributed by atoms with Gasteiger partial charge in [-0.05, 0) is 39.9 Å². The number of nitrogens with zero attached hydrogens (tertiary/aromatic N) is 1. The summed E-state index contributed by atoms with van der Waals surface area (Å²) in [6.45, 7) is 0. The van der Waals surface area contributed by atoms with Crippen molar-refractivity contribution in [1.82, 2.24) is 5.27 Å². The first kappa shape index (κ1) is 21.6. The minimum absolute atomic E-state index is 0.0500. The summed E-state index contributed by atoms with van der Waals surface area (Å²) < 4.78 is 21.9. The van der Waals surface area contributed by atoms with Crippen LogP contribution in [0, 0.1) is 0 Å². The summed E-state index contributed by atoms with van der Waals surface area (Å²) in [4.78, 5) is 24.5. The Morgan fingerprint density at radius 1 is 1.13 bits per heavy atom. The van der Waals surface area contributed by atoms with E-state index in [0.29, 0.717) is 33.6 Å². The summed E-state index contributed by atoms with van der Waals surface area (Å²) in [6.07, 6.45) is 0. The fourth-order valence-corrected chi connectivity index (χ4v) is 3.58. The molecule has 0 saturated carbocycles. The van der Waals surface area contributed by atoms with Crippen LogP contribution in [0.2, 0.25) is 5.02 Å². The Morgan fingerprint density at radius 3 is 2.47 bits per heavy atom. The Labute approximate surface area is 180 Å². The summed E-state index contributed by atoms with van der Waals surface area (Å²) in [6, 6.07) is 10.1. The van der Waals surface area contributed by atoms with Gasteiger partial charge in [-0.2, -0.15) is 0 Å². The molecule has 0 radical (unpaired) electrons. The molecule has 0 saturated heterocycles. The van der Waals surface area contributed by atoms with Gasteiger partial charge in [0.05, 0.1) is 37.8 Å². The predicted octanol–water partition coefficient (Wildman–Crippen LogP) is 2.65. The highest BCUT2D eigenvalue weighted by Gasteiger charge is 2.25. The molecule has 0 aliphatic rings. The second-order valence-electron chi connectivity index (χ2n) is 5.84. The topological polar surface area (TPSA) is 107 Å². The molecule has 0 unspecified atom stereocenters. The lowest BCUT2D eigenvalue weighted by molar-refractivity contribution is -0.704. The number of methoxy groups -OCH3 is 3. The second kappa shape index (κ2) is 9.59. The van der Waals surface area contributed by atoms with E-state index in [2.05, 4.69) is 10.6 Å². The van der Waals surface area contributed by atoms with Crippen LogP contribution in [0.1, 0.15) is 0 Å². The molecule has 1 heterocycles. The van der Waals surface area contributed by atoms with E-state index in [-0.39, 0.29) is 16.7 Å². The molecule has 11 heteroatoms. The smallest absolute Gasteiger partial charge is 0.442 e. The van der Waals surface area contributed by atoms with Gasteiger partial charge in [0, 0.05) is 18.2 Å². The molecule has 1 aromatic heterocycles. The molecular weight excluding hydrogens is 434 g/mol. The molecule has 30 heavy (non-hydrogen) atoms. The van der Waals surface area contributed by atoms with Gasteiger partial charge in [-0.25, -0.2) is 4.79 Å². The van der Waals surface area contributed by atoms with Gasteiger partial charge < -0.3 is 19.5 Å². The van der Waals surface area contributed by atoms with Crippen molar-refractivity contribution in [1.29, 1.82) is 0 Å². The van der Waals surface area contributed by atoms with Crippen molar-refractivity contribution in [3.05, 3.63) is 51.8 Å². The first-order chi connectivity index (χ1) is 14.5. The van der Waals surface area contributed by atoms with Crippen LogP contribution in [0.25, 0.3) is 5.69 Å². The van der Waals surface area contributed by atoms with Crippen molar-refractivity contribution in [3.8, 4) is 22.9 Å². The van der Waals surface area contributed by atoms with Gasteiger partial charge in [-0.3, -0.25) is 9.32 Å². The van der Waals surface area contributed by atoms with Gasteiger partial charge in [-0.1, -0.05) is 11.6 Å². The molecule has 0 bridgehead atoms. The van der Waals surface area contributed by atoms with Gasteiger partial charge in [0.15, 0.2) is 0 Å². The van der Waals surface area contributed by atoms with Crippen LogP contribution < -0.4 is 29.8 Å². The van der Waals surface area contributed by atoms with Crippen LogP contribution in [0.5, 0.6) is 17.2 Å². The maximum Gasteiger partial charge on any atom is 0.442 e. The van der Waals surface area contributed by atoms with Crippen LogP contribution in [0.4, 0.5) is 5.69 Å². The predicted molar refractivity (Wildman–Crippen MR) is 111 cm³/mol. The van der Waals surface area contributed by atoms with Crippen molar-refractivity contribution in [2.75, 3.05) is 32.4 Å². The van der Waals surface area contributed by atoms with E-state index in [4.69, 9.17) is 30.3 Å². The number of aromatic amines is 1. The summed E-state index contributed by atoms with van der Waals surface area (Å²) in [7, 11) is 4.51. The highest BCUT2D eigenvalue weighted by molar-refractivity contribution is 7.99. The van der Waals surface area contributed by atoms with Crippen molar-refractivity contribution >= 4 is 35.0 Å². The minimum atomic E-state index is -0.589. The van der Waals surface area contributed by atoms with Gasteiger partial charge in [0.2, 0.25) is 11.6 Å². The molecule has 0 atom stereocenters. The number of thioether (sulfide) groups is 1. The summed E-state index contributed by atoms with van der Waals surface area (Å²) >= 11 is 7.15. The average Bonchev–Trinajstić information content (AvgIpc) is 3.13. The van der Waals surface area contributed by atoms with E-state index in [1.807, 2.05) is 0 Å². The number of ether oxygens (including phenoxy) is 3. The molecule has 158 valence electrons. The number of nitrogens with one attached hydrogen (secondary N) is 2. The average molecular weight is 453 g/mol. The molecule has 2 N–H and O–H groups in total. The lowest BCUT2D eigenvalue weighted by Crippen LogP contribution is -2.36. The second-order valence-corrected chi connectivity index (χ2v) is 7.21. The zero-order chi connectivity index (χ0) is 21.7. The highest BCUT2D eigenvalue weighted by atomic mass is 35.5. The Morgan fingerprint density at radius 2 is 1.83 bits per heavy atom. The zero-order valence-electron chi connectivity index (χ0n) is 16.4. The summed E-state index contributed by atoms with van der Waals surface area (Å²) in [5.41, 5.74) is 0.444. The number of H-pyrrole nitrogens is 1. The normalized spacial score (nSPS) is 10.5. The number of hydrogen-bond donors (Lipinski definition) is 2. The van der Waals surface area contributed by atoms with E-state index in [9.17, 15) is 9.59 Å². The van der Waals surface area contributed by atoms with Gasteiger partial charge in [0.1, 0.15) is 17.2 Å². The van der Waals surface area contributed by atoms with E-state index >= 15 is 0 Å². The van der Waals surface area contributed by atoms with Crippen LogP contribution >= 0.6 is 23.4 Å². The third-order valence-electron chi connectivity index (χ3n) is 4.03. The molecule has 0 spiro atoms. The first-order valence-corrected chi connectivity index (χ1v) is 9.95. The number of anilines is 1. The number of rotatable bonds is 8. The maximum atomic E-state index is 12.5. The van der Waals surface area contributed by atoms with E-state index in [1.54, 1.807) is 37.4 Å². The van der Waals surface area contributed by atoms with Crippen molar-refractivity contribution in [3.63, 3.8) is 0 Å². The number of hydrogen-bond acceptors (Lipinski definition) is 7. The fraction of sp³-hybridized carbons (Fsp3) is 0.211. The van der Waals surface area contributed by atoms with Crippen LogP contribution in [0.3, 0.4) is 0 Å². The highest BCUT2D eigenvalue weighted by Crippen LogP contribution is 2.36. The molecule has 1 amide bonds. The summed E-state index contributed by atoms with van der Waals surface area (Å²) in [5, 5.41) is 5.78. The Bertz CT molecular complexity index is 1100. The number of aromatic nitrogens is 2. The zero-order valence-corrected chi connectivity index (χ0v) is 17.9. The SMILES string of the molecule is COc1ccc(-[n+]2[nH]oc(=O)c2SCC(=O)Nc2cc(Cl)c(OC)cc2OC)cc1. The summed E-state index contributed by atoms with van der Waals surface area (Å²) in [5.74, 6) is 1.08. The molecule has 3 aromatic rings. The number of carbonyl (C=O) groups excluding carboxylic acids is 1. The molecule has 2 aromatic carbocycles. The van der Waals surface area contributed by atoms with Gasteiger partial charge in [0.25, 0.3) is 0 Å². The van der Waals surface area contributed by atoms with Crippen molar-refractivity contribution in [2.24, 2.45) is 0 Å². The van der Waals surface area contributed by atoms with Crippen LogP contribution in [-0.2, 0) is 4.79 Å². The Balaban J connectivity index is 1.73. The number of amides is 1. The van der Waals surface area contributed by atoms with E-state index in [0.717, 1.165) is 11.8 Å². The molecule has 0 aliphatic heterocycles. The lowest BCUT2D eigenvalue weighted by atomic mass is 10.2. The third kappa shape index (κ3) is 4.71. The largest absolute Gasteiger partial charge is 0.497 e. The van der Waals surface area contributed by atoms with Gasteiger partial charge >= 0.3 is 10.7 Å². The Kier molecular flexibility index (Phi) is 6.91. The quantitative estimate of drug-likeness (QED) is 0.399. The number of halogens is 1. The standard InChI is InChI=1S/C19H18ClN3O6S/c1-26-12-6-4-11(5-7-12)23-18(19(25)29-22-23)30-10-17(24)21-14-8-13(20)15(27-2)9-16(14)28-3/h4-9H,10H2,1-3H3,(H-,21,22,24,25)/p+1. The monoisotopic (exact) mass is 452 g/mol.